The van der Waals surface area contributed by atoms with Crippen LogP contribution in [0.1, 0.15) is 40.6 Å². The predicted octanol–water partition coefficient (Wildman–Crippen LogP) is 4.29. The van der Waals surface area contributed by atoms with Crippen LogP contribution in [-0.2, 0) is 6.54 Å². The van der Waals surface area contributed by atoms with Gasteiger partial charge in [0.2, 0.25) is 4.77 Å². The lowest BCUT2D eigenvalue weighted by Crippen LogP contribution is -2.48. The van der Waals surface area contributed by atoms with Gasteiger partial charge >= 0.3 is 0 Å². The second-order valence-electron chi connectivity index (χ2n) is 9.89. The minimum atomic E-state index is -0.0231. The van der Waals surface area contributed by atoms with Crippen LogP contribution in [0.15, 0.2) is 36.4 Å². The number of ketones is 1. The fraction of sp³-hybridized carbons (Fsp3) is 0.379. The van der Waals surface area contributed by atoms with Crippen LogP contribution in [0, 0.1) is 4.77 Å². The fourth-order valence-corrected chi connectivity index (χ4v) is 5.48. The molecule has 0 aliphatic carbocycles. The van der Waals surface area contributed by atoms with Gasteiger partial charge in [-0.05, 0) is 55.5 Å². The number of benzene rings is 2. The van der Waals surface area contributed by atoms with Crippen molar-refractivity contribution in [3.05, 3.63) is 52.4 Å². The maximum absolute atomic E-state index is 13.1. The third kappa shape index (κ3) is 5.39. The van der Waals surface area contributed by atoms with Crippen molar-refractivity contribution in [2.45, 2.75) is 26.3 Å². The molecule has 1 aliphatic heterocycles. The lowest BCUT2D eigenvalue weighted by Gasteiger charge is -2.34. The van der Waals surface area contributed by atoms with E-state index < -0.39 is 0 Å². The van der Waals surface area contributed by atoms with E-state index in [1.807, 2.05) is 29.2 Å². The smallest absolute Gasteiger partial charge is 0.253 e. The molecule has 2 aromatic heterocycles. The topological polar surface area (TPSA) is 119 Å². The van der Waals surface area contributed by atoms with Crippen LogP contribution in [-0.4, -0.2) is 83.0 Å². The highest BCUT2D eigenvalue weighted by molar-refractivity contribution is 7.71. The summed E-state index contributed by atoms with van der Waals surface area (Å²) in [4.78, 5) is 38.0. The molecule has 2 aromatic carbocycles. The zero-order chi connectivity index (χ0) is 28.4. The normalized spacial score (nSPS) is 14.1. The zero-order valence-corrected chi connectivity index (χ0v) is 23.8. The Balaban J connectivity index is 1.26. The van der Waals surface area contributed by atoms with Crippen LogP contribution in [0.25, 0.3) is 21.8 Å². The van der Waals surface area contributed by atoms with E-state index in [9.17, 15) is 9.59 Å². The number of anilines is 1. The molecule has 0 unspecified atom stereocenters. The zero-order valence-electron chi connectivity index (χ0n) is 23.0. The number of hydrogen-bond acceptors (Lipinski definition) is 8. The van der Waals surface area contributed by atoms with Gasteiger partial charge in [-0.1, -0.05) is 6.92 Å². The summed E-state index contributed by atoms with van der Waals surface area (Å²) < 4.78 is 12.8. The van der Waals surface area contributed by atoms with E-state index in [4.69, 9.17) is 27.4 Å². The Morgan fingerprint density at radius 1 is 1.05 bits per heavy atom. The number of nitrogens with two attached hydrogens (primary N) is 1. The minimum absolute atomic E-state index is 0.0231. The van der Waals surface area contributed by atoms with Crippen LogP contribution < -0.4 is 15.2 Å². The second kappa shape index (κ2) is 11.6. The van der Waals surface area contributed by atoms with Crippen molar-refractivity contribution in [1.82, 2.24) is 24.3 Å². The van der Waals surface area contributed by atoms with E-state index in [-0.39, 0.29) is 11.7 Å². The standard InChI is InChI=1S/C29H34N6O4S/c1-4-33-10-12-34(13-11-33)28(37)18-7-8-21-19(14-18)15-23(31-21)24(36)6-5-9-35-27(30)20-16-25(38-2)26(39-3)17-22(20)32-29(35)40/h7-8,14-17,31H,4-6,9-13,30H2,1-3H3. The Morgan fingerprint density at radius 3 is 2.48 bits per heavy atom. The van der Waals surface area contributed by atoms with Gasteiger partial charge < -0.3 is 34.6 Å². The van der Waals surface area contributed by atoms with Crippen LogP contribution in [0.2, 0.25) is 0 Å². The van der Waals surface area contributed by atoms with E-state index in [0.717, 1.165) is 43.6 Å². The van der Waals surface area contributed by atoms with Gasteiger partial charge in [0.25, 0.3) is 5.91 Å². The number of amides is 1. The molecule has 0 atom stereocenters. The van der Waals surface area contributed by atoms with Crippen LogP contribution in [0.3, 0.4) is 0 Å². The number of nitrogens with one attached hydrogen (secondary N) is 1. The van der Waals surface area contributed by atoms with E-state index in [1.54, 1.807) is 30.9 Å². The summed E-state index contributed by atoms with van der Waals surface area (Å²) in [6.07, 6.45) is 0.826. The van der Waals surface area contributed by atoms with Crippen LogP contribution >= 0.6 is 12.2 Å². The number of rotatable bonds is 9. The number of aromatic amines is 1. The third-order valence-electron chi connectivity index (χ3n) is 7.58. The number of likely N-dealkylation sites (N-methyl/N-ethyl adjacent to an activating group) is 1. The molecule has 3 N–H and O–H groups in total. The molecule has 1 aliphatic rings. The molecule has 3 heterocycles. The van der Waals surface area contributed by atoms with Crippen LogP contribution in [0.4, 0.5) is 5.82 Å². The first kappa shape index (κ1) is 27.6. The van der Waals surface area contributed by atoms with Gasteiger partial charge in [-0.2, -0.15) is 0 Å². The predicted molar refractivity (Wildman–Crippen MR) is 158 cm³/mol. The van der Waals surface area contributed by atoms with Gasteiger partial charge in [0.05, 0.1) is 25.4 Å². The number of H-pyrrole nitrogens is 1. The van der Waals surface area contributed by atoms with Crippen molar-refractivity contribution in [3.8, 4) is 11.5 Å². The lowest BCUT2D eigenvalue weighted by atomic mass is 10.1. The molecule has 1 fully saturated rings. The van der Waals surface area contributed by atoms with E-state index in [2.05, 4.69) is 21.8 Å². The Labute approximate surface area is 237 Å². The summed E-state index contributed by atoms with van der Waals surface area (Å²) >= 11 is 5.49. The number of methoxy groups -OCH3 is 2. The highest BCUT2D eigenvalue weighted by atomic mass is 32.1. The molecule has 1 amide bonds. The first-order valence-corrected chi connectivity index (χ1v) is 13.8. The Kier molecular flexibility index (Phi) is 8.04. The van der Waals surface area contributed by atoms with Crippen molar-refractivity contribution < 1.29 is 19.1 Å². The lowest BCUT2D eigenvalue weighted by molar-refractivity contribution is 0.0643. The number of fused-ring (bicyclic) bond motifs is 2. The fourth-order valence-electron chi connectivity index (χ4n) is 5.19. The number of carbonyl (C=O) groups excluding carboxylic acids is 2. The maximum Gasteiger partial charge on any atom is 0.253 e. The number of Topliss-reactive ketones (excluding diaryl/α,β-unsaturated/α-hetero) is 1. The molecule has 0 saturated carbocycles. The molecule has 40 heavy (non-hydrogen) atoms. The molecule has 0 bridgehead atoms. The highest BCUT2D eigenvalue weighted by Gasteiger charge is 2.22. The van der Waals surface area contributed by atoms with Crippen molar-refractivity contribution in [2.24, 2.45) is 0 Å². The molecular formula is C29H34N6O4S. The van der Waals surface area contributed by atoms with Crippen molar-refractivity contribution in [3.63, 3.8) is 0 Å². The van der Waals surface area contributed by atoms with Gasteiger partial charge in [-0.25, -0.2) is 4.98 Å². The van der Waals surface area contributed by atoms with Crippen molar-refractivity contribution in [2.75, 3.05) is 52.7 Å². The van der Waals surface area contributed by atoms with Gasteiger partial charge in [0.1, 0.15) is 5.82 Å². The average Bonchev–Trinajstić information content (AvgIpc) is 3.41. The first-order valence-electron chi connectivity index (χ1n) is 13.4. The molecule has 10 nitrogen and oxygen atoms in total. The summed E-state index contributed by atoms with van der Waals surface area (Å²) in [6.45, 7) is 6.81. The number of carbonyl (C=O) groups is 2. The van der Waals surface area contributed by atoms with Crippen LogP contribution in [0.5, 0.6) is 11.5 Å². The summed E-state index contributed by atoms with van der Waals surface area (Å²) in [6, 6.07) is 10.9. The number of piperazine rings is 1. The number of hydrogen-bond donors (Lipinski definition) is 2. The molecule has 210 valence electrons. The van der Waals surface area contributed by atoms with Gasteiger partial charge in [0.15, 0.2) is 17.3 Å². The van der Waals surface area contributed by atoms with Gasteiger partial charge in [-0.15, -0.1) is 0 Å². The van der Waals surface area contributed by atoms with Crippen molar-refractivity contribution in [1.29, 1.82) is 0 Å². The SMILES string of the molecule is CCN1CCN(C(=O)c2ccc3[nH]c(C(=O)CCCn4c(N)c5cc(OC)c(OC)cc5nc4=S)cc3c2)CC1. The van der Waals surface area contributed by atoms with Gasteiger partial charge in [-0.3, -0.25) is 9.59 Å². The molecule has 11 heteroatoms. The summed E-state index contributed by atoms with van der Waals surface area (Å²) in [5, 5.41) is 1.54. The van der Waals surface area contributed by atoms with E-state index in [1.165, 1.54) is 0 Å². The molecule has 5 rings (SSSR count). The first-order chi connectivity index (χ1) is 19.3. The van der Waals surface area contributed by atoms with Gasteiger partial charge in [0, 0.05) is 67.1 Å². The Morgan fingerprint density at radius 2 is 1.77 bits per heavy atom. The number of aromatic nitrogens is 3. The number of nitrogen functional groups attached to an aromatic ring is 1. The quantitative estimate of drug-likeness (QED) is 0.229. The highest BCUT2D eigenvalue weighted by Crippen LogP contribution is 2.34. The average molecular weight is 563 g/mol. The van der Waals surface area contributed by atoms with E-state index in [0.29, 0.717) is 63.6 Å². The summed E-state index contributed by atoms with van der Waals surface area (Å²) in [5.74, 6) is 1.56. The minimum Gasteiger partial charge on any atom is -0.493 e. The molecule has 4 aromatic rings. The molecular weight excluding hydrogens is 528 g/mol. The Hall–Kier alpha value is -3.96. The summed E-state index contributed by atoms with van der Waals surface area (Å²) in [5.41, 5.74) is 9.05. The molecule has 0 radical (unpaired) electrons. The monoisotopic (exact) mass is 562 g/mol. The third-order valence-corrected chi connectivity index (χ3v) is 7.89. The number of nitrogens with zero attached hydrogens (tertiary/aromatic N) is 4. The molecule has 1 saturated heterocycles. The van der Waals surface area contributed by atoms with E-state index >= 15 is 0 Å². The summed E-state index contributed by atoms with van der Waals surface area (Å²) in [7, 11) is 3.12. The van der Waals surface area contributed by atoms with Crippen molar-refractivity contribution >= 4 is 51.5 Å². The molecule has 0 spiro atoms. The maximum atomic E-state index is 13.1. The second-order valence-corrected chi connectivity index (χ2v) is 10.3. The largest absolute Gasteiger partial charge is 0.493 e. The Bertz CT molecular complexity index is 1640. The number of ether oxygens (including phenoxy) is 2.